The molecule has 0 saturated carbocycles. The Morgan fingerprint density at radius 2 is 2.00 bits per heavy atom. The number of esters is 1. The Labute approximate surface area is 101 Å². The van der Waals surface area contributed by atoms with Crippen LogP contribution in [0.15, 0.2) is 0 Å². The molecule has 0 fully saturated rings. The molecule has 9 heteroatoms. The molecule has 18 heavy (non-hydrogen) atoms. The minimum Gasteiger partial charge on any atom is -0.467 e. The van der Waals surface area contributed by atoms with Gasteiger partial charge in [-0.25, -0.2) is 4.79 Å². The van der Waals surface area contributed by atoms with Crippen LogP contribution in [0.5, 0.6) is 0 Å². The van der Waals surface area contributed by atoms with Gasteiger partial charge in [0, 0.05) is 6.42 Å². The van der Waals surface area contributed by atoms with E-state index < -0.39 is 43.9 Å². The maximum Gasteiger partial charge on any atom is 0.411 e. The van der Waals surface area contributed by atoms with E-state index in [-0.39, 0.29) is 6.42 Å². The highest BCUT2D eigenvalue weighted by molar-refractivity contribution is 5.84. The van der Waals surface area contributed by atoms with Crippen molar-refractivity contribution < 1.29 is 37.3 Å². The van der Waals surface area contributed by atoms with Crippen LogP contribution in [-0.2, 0) is 19.1 Å². The van der Waals surface area contributed by atoms with E-state index in [0.717, 1.165) is 7.11 Å². The van der Waals surface area contributed by atoms with Gasteiger partial charge in [-0.3, -0.25) is 4.79 Å². The third kappa shape index (κ3) is 7.85. The van der Waals surface area contributed by atoms with Crippen LogP contribution in [0.4, 0.5) is 13.2 Å². The molecule has 0 aromatic rings. The van der Waals surface area contributed by atoms with Crippen molar-refractivity contribution in [2.75, 3.05) is 26.9 Å². The van der Waals surface area contributed by atoms with Crippen LogP contribution in [0.1, 0.15) is 6.42 Å². The second-order valence-corrected chi connectivity index (χ2v) is 3.24. The lowest BCUT2D eigenvalue weighted by Gasteiger charge is -2.13. The Balaban J connectivity index is 3.86. The zero-order valence-corrected chi connectivity index (χ0v) is 9.62. The Morgan fingerprint density at radius 1 is 1.39 bits per heavy atom. The van der Waals surface area contributed by atoms with E-state index in [1.807, 2.05) is 0 Å². The normalized spacial score (nSPS) is 12.9. The average molecular weight is 273 g/mol. The smallest absolute Gasteiger partial charge is 0.411 e. The van der Waals surface area contributed by atoms with Gasteiger partial charge in [0.15, 0.2) is 6.04 Å². The van der Waals surface area contributed by atoms with Crippen molar-refractivity contribution in [3.8, 4) is 0 Å². The molecule has 0 aliphatic carbocycles. The van der Waals surface area contributed by atoms with Gasteiger partial charge >= 0.3 is 12.1 Å². The van der Waals surface area contributed by atoms with Crippen LogP contribution in [0.3, 0.4) is 0 Å². The van der Waals surface area contributed by atoms with E-state index in [2.05, 4.69) is 14.8 Å². The zero-order valence-electron chi connectivity index (χ0n) is 9.62. The molecule has 0 aliphatic heterocycles. The van der Waals surface area contributed by atoms with E-state index >= 15 is 0 Å². The number of hydrogen-bond acceptors (Lipinski definition) is 5. The SMILES string of the molecule is COC(=O)C(CO)NC(=O)CCOCC(F)(F)F. The van der Waals surface area contributed by atoms with Crippen molar-refractivity contribution in [3.05, 3.63) is 0 Å². The van der Waals surface area contributed by atoms with E-state index in [4.69, 9.17) is 5.11 Å². The van der Waals surface area contributed by atoms with E-state index in [1.54, 1.807) is 0 Å². The summed E-state index contributed by atoms with van der Waals surface area (Å²) in [5.41, 5.74) is 0. The molecule has 0 spiro atoms. The second kappa shape index (κ2) is 7.88. The van der Waals surface area contributed by atoms with Crippen LogP contribution in [0, 0.1) is 0 Å². The molecule has 6 nitrogen and oxygen atoms in total. The van der Waals surface area contributed by atoms with Crippen molar-refractivity contribution in [1.29, 1.82) is 0 Å². The highest BCUT2D eigenvalue weighted by Gasteiger charge is 2.27. The van der Waals surface area contributed by atoms with Crippen LogP contribution >= 0.6 is 0 Å². The van der Waals surface area contributed by atoms with Crippen molar-refractivity contribution in [2.45, 2.75) is 18.6 Å². The molecule has 0 bridgehead atoms. The van der Waals surface area contributed by atoms with Gasteiger partial charge in [0.05, 0.1) is 20.3 Å². The van der Waals surface area contributed by atoms with Crippen molar-refractivity contribution >= 4 is 11.9 Å². The zero-order chi connectivity index (χ0) is 14.2. The summed E-state index contributed by atoms with van der Waals surface area (Å²) in [6.45, 7) is -2.55. The molecule has 0 aromatic heterocycles. The minimum atomic E-state index is -4.45. The molecular weight excluding hydrogens is 259 g/mol. The quantitative estimate of drug-likeness (QED) is 0.487. The largest absolute Gasteiger partial charge is 0.467 e. The second-order valence-electron chi connectivity index (χ2n) is 3.24. The Bertz CT molecular complexity index is 282. The Morgan fingerprint density at radius 3 is 2.44 bits per heavy atom. The lowest BCUT2D eigenvalue weighted by Crippen LogP contribution is -2.44. The van der Waals surface area contributed by atoms with Gasteiger partial charge in [-0.05, 0) is 0 Å². The summed E-state index contributed by atoms with van der Waals surface area (Å²) in [5, 5.41) is 10.8. The fourth-order valence-corrected chi connectivity index (χ4v) is 0.941. The molecule has 0 aromatic carbocycles. The van der Waals surface area contributed by atoms with Gasteiger partial charge in [0.1, 0.15) is 6.61 Å². The number of aliphatic hydroxyl groups excluding tert-OH is 1. The number of alkyl halides is 3. The molecule has 0 saturated heterocycles. The standard InChI is InChI=1S/C9H14F3NO5/c1-17-8(16)6(4-14)13-7(15)2-3-18-5-9(10,11)12/h6,14H,2-5H2,1H3,(H,13,15). The molecule has 0 rings (SSSR count). The Kier molecular flexibility index (Phi) is 7.29. The molecule has 0 heterocycles. The predicted molar refractivity (Wildman–Crippen MR) is 52.5 cm³/mol. The lowest BCUT2D eigenvalue weighted by atomic mass is 10.3. The van der Waals surface area contributed by atoms with E-state index in [9.17, 15) is 22.8 Å². The van der Waals surface area contributed by atoms with Gasteiger partial charge in [-0.15, -0.1) is 0 Å². The number of rotatable bonds is 7. The number of carbonyl (C=O) groups excluding carboxylic acids is 2. The molecular formula is C9H14F3NO5. The fourth-order valence-electron chi connectivity index (χ4n) is 0.941. The average Bonchev–Trinajstić information content (AvgIpc) is 2.29. The summed E-state index contributed by atoms with van der Waals surface area (Å²) in [7, 11) is 1.07. The molecule has 0 aliphatic rings. The monoisotopic (exact) mass is 273 g/mol. The van der Waals surface area contributed by atoms with Crippen LogP contribution in [-0.4, -0.2) is 56.1 Å². The molecule has 1 atom stereocenters. The summed E-state index contributed by atoms with van der Waals surface area (Å²) in [6.07, 6.45) is -4.81. The van der Waals surface area contributed by atoms with Crippen LogP contribution in [0.2, 0.25) is 0 Å². The molecule has 106 valence electrons. The third-order valence-electron chi connectivity index (χ3n) is 1.74. The number of hydrogen-bond donors (Lipinski definition) is 2. The van der Waals surface area contributed by atoms with Gasteiger partial charge in [0.25, 0.3) is 0 Å². The highest BCUT2D eigenvalue weighted by Crippen LogP contribution is 2.14. The first kappa shape index (κ1) is 16.6. The first-order valence-electron chi connectivity index (χ1n) is 4.92. The number of halogens is 3. The number of methoxy groups -OCH3 is 1. The minimum absolute atomic E-state index is 0.358. The van der Waals surface area contributed by atoms with Crippen LogP contribution < -0.4 is 5.32 Å². The molecule has 1 unspecified atom stereocenters. The summed E-state index contributed by atoms with van der Waals surface area (Å²) < 4.78 is 43.5. The fraction of sp³-hybridized carbons (Fsp3) is 0.778. The van der Waals surface area contributed by atoms with Gasteiger partial charge < -0.3 is 19.9 Å². The summed E-state index contributed by atoms with van der Waals surface area (Å²) in [4.78, 5) is 22.1. The summed E-state index contributed by atoms with van der Waals surface area (Å²) in [5.74, 6) is -1.57. The molecule has 0 radical (unpaired) electrons. The maximum absolute atomic E-state index is 11.7. The van der Waals surface area contributed by atoms with Gasteiger partial charge in [-0.2, -0.15) is 13.2 Å². The first-order valence-corrected chi connectivity index (χ1v) is 4.92. The van der Waals surface area contributed by atoms with Gasteiger partial charge in [-0.1, -0.05) is 0 Å². The number of nitrogens with one attached hydrogen (secondary N) is 1. The van der Waals surface area contributed by atoms with E-state index in [0.29, 0.717) is 0 Å². The molecule has 1 amide bonds. The number of ether oxygens (including phenoxy) is 2. The summed E-state index contributed by atoms with van der Waals surface area (Å²) in [6, 6.07) is -1.23. The van der Waals surface area contributed by atoms with Gasteiger partial charge in [0.2, 0.25) is 5.91 Å². The molecule has 2 N–H and O–H groups in total. The highest BCUT2D eigenvalue weighted by atomic mass is 19.4. The topological polar surface area (TPSA) is 84.9 Å². The predicted octanol–water partition coefficient (Wildman–Crippen LogP) is -0.395. The van der Waals surface area contributed by atoms with Crippen LogP contribution in [0.25, 0.3) is 0 Å². The van der Waals surface area contributed by atoms with Crippen molar-refractivity contribution in [1.82, 2.24) is 5.32 Å². The summed E-state index contributed by atoms with van der Waals surface area (Å²) >= 11 is 0. The number of amides is 1. The van der Waals surface area contributed by atoms with E-state index in [1.165, 1.54) is 0 Å². The van der Waals surface area contributed by atoms with Crippen molar-refractivity contribution in [3.63, 3.8) is 0 Å². The Hall–Kier alpha value is -1.35. The number of carbonyl (C=O) groups is 2. The maximum atomic E-state index is 11.7. The third-order valence-corrected chi connectivity index (χ3v) is 1.74. The van der Waals surface area contributed by atoms with Crippen molar-refractivity contribution in [2.24, 2.45) is 0 Å². The first-order chi connectivity index (χ1) is 8.30. The lowest BCUT2D eigenvalue weighted by molar-refractivity contribution is -0.174. The number of aliphatic hydroxyl groups is 1.